The molecule has 0 spiro atoms. The molecule has 1 saturated heterocycles. The van der Waals surface area contributed by atoms with Crippen molar-refractivity contribution in [1.29, 1.82) is 0 Å². The average molecular weight is 291 g/mol. The van der Waals surface area contributed by atoms with Gasteiger partial charge in [-0.05, 0) is 32.6 Å². The first-order valence-corrected chi connectivity index (χ1v) is 7.81. The zero-order valence-electron chi connectivity index (χ0n) is 13.2. The lowest BCUT2D eigenvalue weighted by Gasteiger charge is -2.37. The van der Waals surface area contributed by atoms with Gasteiger partial charge in [0.25, 0.3) is 0 Å². The molecule has 0 saturated carbocycles. The summed E-state index contributed by atoms with van der Waals surface area (Å²) in [6, 6.07) is 2.30. The standard InChI is InChI=1S/C16H25N3O2/c1-11(2)16-17-12(3)10-14(18-16)19-9-5-4-6-13(19)7-8-15(20)21/h10-11,13H,4-9H2,1-3H3,(H,20,21). The van der Waals surface area contributed by atoms with Gasteiger partial charge in [-0.3, -0.25) is 4.79 Å². The smallest absolute Gasteiger partial charge is 0.303 e. The molecule has 0 aliphatic carbocycles. The summed E-state index contributed by atoms with van der Waals surface area (Å²) in [5.41, 5.74) is 0.978. The Morgan fingerprint density at radius 1 is 1.43 bits per heavy atom. The van der Waals surface area contributed by atoms with Gasteiger partial charge in [-0.25, -0.2) is 9.97 Å². The third kappa shape index (κ3) is 4.16. The van der Waals surface area contributed by atoms with Crippen molar-refractivity contribution in [2.24, 2.45) is 0 Å². The van der Waals surface area contributed by atoms with Crippen LogP contribution in [0.3, 0.4) is 0 Å². The van der Waals surface area contributed by atoms with Crippen molar-refractivity contribution in [3.05, 3.63) is 17.6 Å². The first-order valence-electron chi connectivity index (χ1n) is 7.81. The molecule has 1 N–H and O–H groups in total. The van der Waals surface area contributed by atoms with Gasteiger partial charge >= 0.3 is 5.97 Å². The molecule has 116 valence electrons. The van der Waals surface area contributed by atoms with E-state index in [1.165, 1.54) is 6.42 Å². The quantitative estimate of drug-likeness (QED) is 0.902. The van der Waals surface area contributed by atoms with Crippen molar-refractivity contribution >= 4 is 11.8 Å². The number of aryl methyl sites for hydroxylation is 1. The molecule has 21 heavy (non-hydrogen) atoms. The van der Waals surface area contributed by atoms with E-state index in [2.05, 4.69) is 23.7 Å². The first kappa shape index (κ1) is 15.7. The Morgan fingerprint density at radius 2 is 2.19 bits per heavy atom. The number of carbonyl (C=O) groups is 1. The number of aromatic nitrogens is 2. The fraction of sp³-hybridized carbons (Fsp3) is 0.688. The van der Waals surface area contributed by atoms with Gasteiger partial charge in [0.1, 0.15) is 11.6 Å². The van der Waals surface area contributed by atoms with Crippen LogP contribution in [0.5, 0.6) is 0 Å². The summed E-state index contributed by atoms with van der Waals surface area (Å²) in [5.74, 6) is 1.40. The van der Waals surface area contributed by atoms with E-state index >= 15 is 0 Å². The van der Waals surface area contributed by atoms with Gasteiger partial charge in [0.15, 0.2) is 0 Å². The lowest BCUT2D eigenvalue weighted by Crippen LogP contribution is -2.40. The summed E-state index contributed by atoms with van der Waals surface area (Å²) < 4.78 is 0. The van der Waals surface area contributed by atoms with Crippen molar-refractivity contribution in [2.75, 3.05) is 11.4 Å². The molecule has 5 nitrogen and oxygen atoms in total. The maximum atomic E-state index is 10.8. The Bertz CT molecular complexity index is 502. The van der Waals surface area contributed by atoms with E-state index in [-0.39, 0.29) is 12.5 Å². The zero-order chi connectivity index (χ0) is 15.4. The third-order valence-corrected chi connectivity index (χ3v) is 3.99. The highest BCUT2D eigenvalue weighted by molar-refractivity contribution is 5.66. The third-order valence-electron chi connectivity index (χ3n) is 3.99. The SMILES string of the molecule is Cc1cc(N2CCCCC2CCC(=O)O)nc(C(C)C)n1. The molecule has 1 unspecified atom stereocenters. The summed E-state index contributed by atoms with van der Waals surface area (Å²) in [7, 11) is 0. The molecule has 1 aliphatic rings. The molecule has 1 aromatic rings. The fourth-order valence-corrected chi connectivity index (χ4v) is 2.87. The van der Waals surface area contributed by atoms with Crippen LogP contribution >= 0.6 is 0 Å². The van der Waals surface area contributed by atoms with E-state index in [1.54, 1.807) is 0 Å². The number of carboxylic acid groups (broad SMARTS) is 1. The van der Waals surface area contributed by atoms with Crippen LogP contribution < -0.4 is 4.90 Å². The van der Waals surface area contributed by atoms with E-state index < -0.39 is 5.97 Å². The summed E-state index contributed by atoms with van der Waals surface area (Å²) in [6.45, 7) is 7.14. The van der Waals surface area contributed by atoms with Crippen molar-refractivity contribution < 1.29 is 9.90 Å². The number of carboxylic acids is 1. The van der Waals surface area contributed by atoms with Crippen molar-refractivity contribution in [2.45, 2.75) is 64.8 Å². The molecule has 0 amide bonds. The molecule has 5 heteroatoms. The minimum Gasteiger partial charge on any atom is -0.481 e. The van der Waals surface area contributed by atoms with Crippen molar-refractivity contribution in [1.82, 2.24) is 9.97 Å². The number of hydrogen-bond acceptors (Lipinski definition) is 4. The molecule has 0 bridgehead atoms. The van der Waals surface area contributed by atoms with E-state index in [0.717, 1.165) is 36.7 Å². The summed E-state index contributed by atoms with van der Waals surface area (Å²) in [6.07, 6.45) is 4.27. The van der Waals surface area contributed by atoms with E-state index in [0.29, 0.717) is 12.3 Å². The monoisotopic (exact) mass is 291 g/mol. The summed E-state index contributed by atoms with van der Waals surface area (Å²) in [4.78, 5) is 22.3. The largest absolute Gasteiger partial charge is 0.481 e. The van der Waals surface area contributed by atoms with Gasteiger partial charge in [-0.2, -0.15) is 0 Å². The maximum absolute atomic E-state index is 10.8. The fourth-order valence-electron chi connectivity index (χ4n) is 2.87. The minimum atomic E-state index is -0.720. The lowest BCUT2D eigenvalue weighted by molar-refractivity contribution is -0.137. The Balaban J connectivity index is 2.22. The molecule has 0 aromatic carbocycles. The maximum Gasteiger partial charge on any atom is 0.303 e. The van der Waals surface area contributed by atoms with Crippen LogP contribution in [0.2, 0.25) is 0 Å². The second kappa shape index (κ2) is 6.87. The summed E-state index contributed by atoms with van der Waals surface area (Å²) in [5, 5.41) is 8.92. The number of aliphatic carboxylic acids is 1. The van der Waals surface area contributed by atoms with Crippen LogP contribution in [0.25, 0.3) is 0 Å². The van der Waals surface area contributed by atoms with Gasteiger partial charge in [0, 0.05) is 36.7 Å². The lowest BCUT2D eigenvalue weighted by atomic mass is 9.98. The van der Waals surface area contributed by atoms with Gasteiger partial charge in [-0.15, -0.1) is 0 Å². The van der Waals surface area contributed by atoms with Crippen LogP contribution in [0.1, 0.15) is 63.4 Å². The number of anilines is 1. The van der Waals surface area contributed by atoms with Crippen molar-refractivity contribution in [3.8, 4) is 0 Å². The normalized spacial score (nSPS) is 19.0. The second-order valence-corrected chi connectivity index (χ2v) is 6.16. The van der Waals surface area contributed by atoms with Crippen LogP contribution in [-0.2, 0) is 4.79 Å². The number of piperidine rings is 1. The topological polar surface area (TPSA) is 66.3 Å². The highest BCUT2D eigenvalue weighted by Crippen LogP contribution is 2.27. The van der Waals surface area contributed by atoms with E-state index in [9.17, 15) is 4.79 Å². The highest BCUT2D eigenvalue weighted by Gasteiger charge is 2.25. The molecule has 2 rings (SSSR count). The average Bonchev–Trinajstić information content (AvgIpc) is 2.44. The highest BCUT2D eigenvalue weighted by atomic mass is 16.4. The molecule has 1 fully saturated rings. The van der Waals surface area contributed by atoms with Crippen LogP contribution in [0.4, 0.5) is 5.82 Å². The molecule has 1 atom stereocenters. The molecular formula is C16H25N3O2. The minimum absolute atomic E-state index is 0.224. The number of hydrogen-bond donors (Lipinski definition) is 1. The number of nitrogens with zero attached hydrogens (tertiary/aromatic N) is 3. The van der Waals surface area contributed by atoms with Gasteiger partial charge < -0.3 is 10.0 Å². The van der Waals surface area contributed by atoms with Crippen LogP contribution in [0, 0.1) is 6.92 Å². The summed E-state index contributed by atoms with van der Waals surface area (Å²) >= 11 is 0. The van der Waals surface area contributed by atoms with E-state index in [4.69, 9.17) is 10.1 Å². The van der Waals surface area contributed by atoms with Gasteiger partial charge in [0.2, 0.25) is 0 Å². The second-order valence-electron chi connectivity index (χ2n) is 6.16. The molecule has 2 heterocycles. The van der Waals surface area contributed by atoms with Gasteiger partial charge in [0.05, 0.1) is 0 Å². The van der Waals surface area contributed by atoms with Crippen LogP contribution in [-0.4, -0.2) is 33.6 Å². The molecule has 1 aliphatic heterocycles. The number of rotatable bonds is 5. The first-order chi connectivity index (χ1) is 9.97. The molecule has 0 radical (unpaired) electrons. The predicted octanol–water partition coefficient (Wildman–Crippen LogP) is 3.13. The molecule has 1 aromatic heterocycles. The predicted molar refractivity (Wildman–Crippen MR) is 82.7 cm³/mol. The Morgan fingerprint density at radius 3 is 2.86 bits per heavy atom. The Kier molecular flexibility index (Phi) is 5.15. The van der Waals surface area contributed by atoms with E-state index in [1.807, 2.05) is 13.0 Å². The van der Waals surface area contributed by atoms with Crippen molar-refractivity contribution in [3.63, 3.8) is 0 Å². The zero-order valence-corrected chi connectivity index (χ0v) is 13.2. The Labute approximate surface area is 126 Å². The van der Waals surface area contributed by atoms with Gasteiger partial charge in [-0.1, -0.05) is 13.8 Å². The Hall–Kier alpha value is -1.65. The molecular weight excluding hydrogens is 266 g/mol. The van der Waals surface area contributed by atoms with Crippen LogP contribution in [0.15, 0.2) is 6.07 Å².